The van der Waals surface area contributed by atoms with Gasteiger partial charge in [0.15, 0.2) is 0 Å². The number of hydrogen-bond donors (Lipinski definition) is 1. The Morgan fingerprint density at radius 3 is 2.88 bits per heavy atom. The molecule has 0 saturated carbocycles. The summed E-state index contributed by atoms with van der Waals surface area (Å²) in [5.74, 6) is -1.90. The van der Waals surface area contributed by atoms with Crippen molar-refractivity contribution in [1.29, 1.82) is 0 Å². The molecule has 0 radical (unpaired) electrons. The molecule has 17 heavy (non-hydrogen) atoms. The van der Waals surface area contributed by atoms with Crippen LogP contribution in [0, 0.1) is 5.82 Å². The zero-order chi connectivity index (χ0) is 12.4. The van der Waals surface area contributed by atoms with E-state index in [1.807, 2.05) is 11.8 Å². The third kappa shape index (κ3) is 2.30. The molecular weight excluding hydrogens is 221 g/mol. The van der Waals surface area contributed by atoms with Crippen molar-refractivity contribution >= 4 is 11.7 Å². The van der Waals surface area contributed by atoms with E-state index in [1.165, 1.54) is 11.6 Å². The summed E-state index contributed by atoms with van der Waals surface area (Å²) in [6, 6.07) is 4.38. The summed E-state index contributed by atoms with van der Waals surface area (Å²) in [5, 5.41) is 9.06. The fourth-order valence-electron chi connectivity index (χ4n) is 2.11. The minimum atomic E-state index is -1.22. The highest BCUT2D eigenvalue weighted by Crippen LogP contribution is 2.26. The number of hydrogen-bond acceptors (Lipinski definition) is 2. The van der Waals surface area contributed by atoms with E-state index in [0.29, 0.717) is 12.2 Å². The highest BCUT2D eigenvalue weighted by molar-refractivity contribution is 5.94. The number of carboxylic acids is 1. The molecule has 3 nitrogen and oxygen atoms in total. The van der Waals surface area contributed by atoms with E-state index in [-0.39, 0.29) is 5.56 Å². The molecule has 0 aromatic heterocycles. The highest BCUT2D eigenvalue weighted by atomic mass is 19.1. The molecule has 0 spiro atoms. The van der Waals surface area contributed by atoms with Crippen molar-refractivity contribution < 1.29 is 14.3 Å². The molecule has 1 heterocycles. The maximum Gasteiger partial charge on any atom is 0.340 e. The number of carboxylic acid groups (broad SMARTS) is 1. The number of halogens is 1. The Morgan fingerprint density at radius 2 is 2.24 bits per heavy atom. The van der Waals surface area contributed by atoms with Gasteiger partial charge < -0.3 is 10.0 Å². The van der Waals surface area contributed by atoms with Crippen LogP contribution in [-0.4, -0.2) is 24.2 Å². The van der Waals surface area contributed by atoms with Gasteiger partial charge >= 0.3 is 5.97 Å². The predicted molar refractivity (Wildman–Crippen MR) is 63.9 cm³/mol. The van der Waals surface area contributed by atoms with Gasteiger partial charge in [0.2, 0.25) is 0 Å². The van der Waals surface area contributed by atoms with Crippen molar-refractivity contribution in [3.63, 3.8) is 0 Å². The van der Waals surface area contributed by atoms with E-state index >= 15 is 0 Å². The maximum atomic E-state index is 13.5. The van der Waals surface area contributed by atoms with Gasteiger partial charge in [0.05, 0.1) is 5.69 Å². The molecule has 0 fully saturated rings. The summed E-state index contributed by atoms with van der Waals surface area (Å²) < 4.78 is 13.5. The second kappa shape index (κ2) is 4.57. The molecule has 0 bridgehead atoms. The lowest BCUT2D eigenvalue weighted by atomic mass is 10.1. The van der Waals surface area contributed by atoms with Crippen LogP contribution in [0.25, 0.3) is 0 Å². The average Bonchev–Trinajstić information content (AvgIpc) is 2.28. The molecule has 90 valence electrons. The van der Waals surface area contributed by atoms with E-state index in [2.05, 4.69) is 6.08 Å². The van der Waals surface area contributed by atoms with Crippen molar-refractivity contribution in [1.82, 2.24) is 0 Å². The van der Waals surface area contributed by atoms with E-state index < -0.39 is 11.8 Å². The van der Waals surface area contributed by atoms with Crippen molar-refractivity contribution in [2.45, 2.75) is 13.3 Å². The van der Waals surface area contributed by atoms with Gasteiger partial charge in [0, 0.05) is 13.1 Å². The molecule has 1 aliphatic heterocycles. The quantitative estimate of drug-likeness (QED) is 0.801. The van der Waals surface area contributed by atoms with Crippen LogP contribution in [0.15, 0.2) is 29.8 Å². The lowest BCUT2D eigenvalue weighted by Crippen LogP contribution is -2.30. The van der Waals surface area contributed by atoms with Crippen molar-refractivity contribution in [3.8, 4) is 0 Å². The van der Waals surface area contributed by atoms with Crippen LogP contribution in [0.4, 0.5) is 10.1 Å². The number of benzene rings is 1. The topological polar surface area (TPSA) is 40.5 Å². The lowest BCUT2D eigenvalue weighted by molar-refractivity contribution is 0.0692. The van der Waals surface area contributed by atoms with Crippen LogP contribution in [0.3, 0.4) is 0 Å². The zero-order valence-electron chi connectivity index (χ0n) is 9.61. The van der Waals surface area contributed by atoms with Crippen LogP contribution in [0.2, 0.25) is 0 Å². The molecule has 0 aliphatic carbocycles. The van der Waals surface area contributed by atoms with E-state index in [9.17, 15) is 9.18 Å². The molecule has 1 aromatic rings. The SMILES string of the molecule is CC1=CCCN(c2cccc(F)c2C(=O)O)C1. The van der Waals surface area contributed by atoms with Crippen molar-refractivity contribution in [2.75, 3.05) is 18.0 Å². The van der Waals surface area contributed by atoms with Crippen molar-refractivity contribution in [2.24, 2.45) is 0 Å². The zero-order valence-corrected chi connectivity index (χ0v) is 9.61. The monoisotopic (exact) mass is 235 g/mol. The first kappa shape index (κ1) is 11.6. The first-order valence-electron chi connectivity index (χ1n) is 5.52. The van der Waals surface area contributed by atoms with Crippen LogP contribution in [0.5, 0.6) is 0 Å². The molecule has 4 heteroatoms. The minimum Gasteiger partial charge on any atom is -0.478 e. The Balaban J connectivity index is 2.42. The lowest BCUT2D eigenvalue weighted by Gasteiger charge is -2.29. The van der Waals surface area contributed by atoms with Gasteiger partial charge in [-0.15, -0.1) is 0 Å². The smallest absolute Gasteiger partial charge is 0.340 e. The number of aromatic carboxylic acids is 1. The largest absolute Gasteiger partial charge is 0.478 e. The van der Waals surface area contributed by atoms with Crippen LogP contribution >= 0.6 is 0 Å². The minimum absolute atomic E-state index is 0.234. The second-order valence-electron chi connectivity index (χ2n) is 4.20. The second-order valence-corrected chi connectivity index (χ2v) is 4.20. The Morgan fingerprint density at radius 1 is 1.47 bits per heavy atom. The van der Waals surface area contributed by atoms with Crippen LogP contribution in [-0.2, 0) is 0 Å². The number of rotatable bonds is 2. The molecule has 1 N–H and O–H groups in total. The van der Waals surface area contributed by atoms with Crippen LogP contribution in [0.1, 0.15) is 23.7 Å². The normalized spacial score (nSPS) is 15.6. The Labute approximate surface area is 99.2 Å². The number of anilines is 1. The summed E-state index contributed by atoms with van der Waals surface area (Å²) in [6.07, 6.45) is 2.98. The Bertz CT molecular complexity index is 482. The van der Waals surface area contributed by atoms with Gasteiger partial charge in [0.25, 0.3) is 0 Å². The molecule has 0 unspecified atom stereocenters. The molecule has 0 saturated heterocycles. The Kier molecular flexibility index (Phi) is 3.13. The fourth-order valence-corrected chi connectivity index (χ4v) is 2.11. The molecule has 1 aliphatic rings. The van der Waals surface area contributed by atoms with Crippen molar-refractivity contribution in [3.05, 3.63) is 41.2 Å². The summed E-state index contributed by atoms with van der Waals surface area (Å²) in [7, 11) is 0. The summed E-state index contributed by atoms with van der Waals surface area (Å²) in [4.78, 5) is 13.0. The molecule has 1 aromatic carbocycles. The first-order chi connectivity index (χ1) is 8.09. The summed E-state index contributed by atoms with van der Waals surface area (Å²) >= 11 is 0. The van der Waals surface area contributed by atoms with Gasteiger partial charge in [-0.3, -0.25) is 0 Å². The van der Waals surface area contributed by atoms with Gasteiger partial charge in [-0.1, -0.05) is 17.7 Å². The van der Waals surface area contributed by atoms with Crippen LogP contribution < -0.4 is 4.90 Å². The molecular formula is C13H14FNO2. The average molecular weight is 235 g/mol. The first-order valence-corrected chi connectivity index (χ1v) is 5.52. The van der Waals surface area contributed by atoms with Gasteiger partial charge in [-0.05, 0) is 25.5 Å². The fraction of sp³-hybridized carbons (Fsp3) is 0.308. The third-order valence-corrected chi connectivity index (χ3v) is 2.88. The van der Waals surface area contributed by atoms with Gasteiger partial charge in [-0.2, -0.15) is 0 Å². The Hall–Kier alpha value is -1.84. The number of carbonyl (C=O) groups is 1. The molecule has 0 atom stereocenters. The molecule has 0 amide bonds. The van der Waals surface area contributed by atoms with E-state index in [0.717, 1.165) is 13.0 Å². The third-order valence-electron chi connectivity index (χ3n) is 2.88. The van der Waals surface area contributed by atoms with E-state index in [1.54, 1.807) is 12.1 Å². The van der Waals surface area contributed by atoms with Gasteiger partial charge in [0.1, 0.15) is 11.4 Å². The summed E-state index contributed by atoms with van der Waals surface area (Å²) in [6.45, 7) is 3.37. The predicted octanol–water partition coefficient (Wildman–Crippen LogP) is 2.68. The highest BCUT2D eigenvalue weighted by Gasteiger charge is 2.21. The standard InChI is InChI=1S/C13H14FNO2/c1-9-4-3-7-15(8-9)11-6-2-5-10(14)12(11)13(16)17/h2,4-6H,3,7-8H2,1H3,(H,16,17). The number of nitrogens with zero attached hydrogens (tertiary/aromatic N) is 1. The summed E-state index contributed by atoms with van der Waals surface area (Å²) in [5.41, 5.74) is 1.41. The molecule has 2 rings (SSSR count). The van der Waals surface area contributed by atoms with E-state index in [4.69, 9.17) is 5.11 Å². The van der Waals surface area contributed by atoms with Gasteiger partial charge in [-0.25, -0.2) is 9.18 Å². The maximum absolute atomic E-state index is 13.5.